The van der Waals surface area contributed by atoms with E-state index in [1.54, 1.807) is 7.05 Å². The lowest BCUT2D eigenvalue weighted by molar-refractivity contribution is -0.137. The van der Waals surface area contributed by atoms with Crippen LogP contribution in [0.3, 0.4) is 0 Å². The Hall–Kier alpha value is -1.40. The molecule has 0 bridgehead atoms. The molecule has 6 heteroatoms. The summed E-state index contributed by atoms with van der Waals surface area (Å²) in [6.45, 7) is 8.82. The molecule has 1 heterocycles. The molecule has 1 aromatic carbocycles. The molecule has 3 unspecified atom stereocenters. The number of hydrogen-bond donors (Lipinski definition) is 0. The van der Waals surface area contributed by atoms with Crippen LogP contribution in [-0.2, 0) is 10.9 Å². The highest BCUT2D eigenvalue weighted by molar-refractivity contribution is 8.16. The van der Waals surface area contributed by atoms with E-state index in [9.17, 15) is 13.2 Å². The Morgan fingerprint density at radius 1 is 1.36 bits per heavy atom. The van der Waals surface area contributed by atoms with Crippen molar-refractivity contribution in [3.8, 4) is 0 Å². The van der Waals surface area contributed by atoms with E-state index in [-0.39, 0.29) is 10.9 Å². The topological polar surface area (TPSA) is 21.6 Å². The lowest BCUT2D eigenvalue weighted by atomic mass is 9.92. The van der Waals surface area contributed by atoms with E-state index < -0.39 is 22.2 Å². The van der Waals surface area contributed by atoms with Crippen LogP contribution >= 0.6 is 10.5 Å². The maximum atomic E-state index is 13.2. The molecule has 0 aliphatic carbocycles. The second kappa shape index (κ2) is 9.40. The number of alkyl halides is 3. The van der Waals surface area contributed by atoms with Crippen molar-refractivity contribution in [1.82, 2.24) is 0 Å². The van der Waals surface area contributed by atoms with E-state index in [0.29, 0.717) is 6.61 Å². The minimum Gasteiger partial charge on any atom is -0.374 e. The molecule has 0 N–H and O–H groups in total. The van der Waals surface area contributed by atoms with Gasteiger partial charge in [0.05, 0.1) is 11.7 Å². The van der Waals surface area contributed by atoms with Gasteiger partial charge in [-0.25, -0.2) is 0 Å². The summed E-state index contributed by atoms with van der Waals surface area (Å²) in [7, 11) is 1.36. The van der Waals surface area contributed by atoms with E-state index in [2.05, 4.69) is 17.3 Å². The summed E-state index contributed by atoms with van der Waals surface area (Å²) in [6.07, 6.45) is 0.0863. The molecule has 0 aromatic heterocycles. The van der Waals surface area contributed by atoms with Gasteiger partial charge in [-0.3, -0.25) is 4.99 Å². The van der Waals surface area contributed by atoms with Crippen LogP contribution in [-0.4, -0.2) is 35.6 Å². The Morgan fingerprint density at radius 2 is 2.07 bits per heavy atom. The van der Waals surface area contributed by atoms with Crippen LogP contribution in [0.25, 0.3) is 0 Å². The summed E-state index contributed by atoms with van der Waals surface area (Å²) in [6, 6.07) is 5.82. The molecule has 1 aliphatic heterocycles. The molecule has 1 aromatic rings. The Labute approximate surface area is 168 Å². The van der Waals surface area contributed by atoms with Crippen LogP contribution in [0.2, 0.25) is 0 Å². The number of aliphatic imine (C=N–C) groups is 1. The fourth-order valence-corrected chi connectivity index (χ4v) is 6.12. The summed E-state index contributed by atoms with van der Waals surface area (Å²) in [5.74, 6) is 0. The molecular weight excluding hydrogens is 383 g/mol. The van der Waals surface area contributed by atoms with E-state index in [4.69, 9.17) is 4.74 Å². The van der Waals surface area contributed by atoms with Gasteiger partial charge >= 0.3 is 6.18 Å². The van der Waals surface area contributed by atoms with Crippen LogP contribution in [0.5, 0.6) is 0 Å². The molecule has 1 fully saturated rings. The smallest absolute Gasteiger partial charge is 0.374 e. The molecule has 2 rings (SSSR count). The molecular formula is C22H30F3NOS. The zero-order valence-corrected chi connectivity index (χ0v) is 18.1. The minimum absolute atomic E-state index is 0.0403. The predicted octanol–water partition coefficient (Wildman–Crippen LogP) is 6.52. The monoisotopic (exact) mass is 413 g/mol. The van der Waals surface area contributed by atoms with Gasteiger partial charge in [-0.15, -0.1) is 0 Å². The standard InChI is InChI=1S/C22H30F3NOS/c1-6-12-28(19-9-7-8-18(14-19)22(23,24)25)21(4)10-11-27-20(15-21)16(2)13-17(3)26-5/h7-9,12-14,20H,6,10-11,15H2,1-5H3/b16-13+,26-17?. The maximum absolute atomic E-state index is 13.2. The van der Waals surface area contributed by atoms with Crippen molar-refractivity contribution in [3.63, 3.8) is 0 Å². The second-order valence-corrected chi connectivity index (χ2v) is 9.92. The van der Waals surface area contributed by atoms with Gasteiger partial charge in [0.15, 0.2) is 0 Å². The zero-order valence-electron chi connectivity index (χ0n) is 17.3. The van der Waals surface area contributed by atoms with Crippen molar-refractivity contribution in [3.05, 3.63) is 41.5 Å². The van der Waals surface area contributed by atoms with Gasteiger partial charge < -0.3 is 4.74 Å². The summed E-state index contributed by atoms with van der Waals surface area (Å²) in [5, 5.41) is 2.18. The van der Waals surface area contributed by atoms with Crippen molar-refractivity contribution >= 4 is 21.6 Å². The third kappa shape index (κ3) is 5.57. The molecule has 3 atom stereocenters. The maximum Gasteiger partial charge on any atom is 0.416 e. The van der Waals surface area contributed by atoms with Crippen molar-refractivity contribution < 1.29 is 17.9 Å². The number of ether oxygens (including phenoxy) is 1. The van der Waals surface area contributed by atoms with Gasteiger partial charge in [0.2, 0.25) is 0 Å². The average Bonchev–Trinajstić information content (AvgIpc) is 2.65. The zero-order chi connectivity index (χ0) is 20.9. The Morgan fingerprint density at radius 3 is 2.68 bits per heavy atom. The molecule has 156 valence electrons. The Balaban J connectivity index is 2.40. The van der Waals surface area contributed by atoms with Gasteiger partial charge in [0.25, 0.3) is 0 Å². The number of rotatable bonds is 5. The van der Waals surface area contributed by atoms with E-state index in [1.165, 1.54) is 12.1 Å². The van der Waals surface area contributed by atoms with Gasteiger partial charge in [0, 0.05) is 29.0 Å². The fourth-order valence-electron chi connectivity index (χ4n) is 3.51. The molecule has 0 amide bonds. The normalized spacial score (nSPS) is 25.8. The molecule has 1 saturated heterocycles. The van der Waals surface area contributed by atoms with Gasteiger partial charge in [-0.2, -0.15) is 23.7 Å². The Kier molecular flexibility index (Phi) is 7.68. The van der Waals surface area contributed by atoms with Crippen molar-refractivity contribution in [1.29, 1.82) is 0 Å². The first kappa shape index (κ1) is 22.9. The van der Waals surface area contributed by atoms with Gasteiger partial charge in [-0.05, 0) is 63.0 Å². The van der Waals surface area contributed by atoms with Gasteiger partial charge in [-0.1, -0.05) is 25.3 Å². The first-order valence-corrected chi connectivity index (χ1v) is 10.9. The van der Waals surface area contributed by atoms with Gasteiger partial charge in [0.1, 0.15) is 0 Å². The van der Waals surface area contributed by atoms with Crippen LogP contribution in [0.15, 0.2) is 45.8 Å². The molecule has 2 nitrogen and oxygen atoms in total. The van der Waals surface area contributed by atoms with Crippen molar-refractivity contribution in [2.45, 2.75) is 68.9 Å². The van der Waals surface area contributed by atoms with E-state index in [0.717, 1.165) is 41.5 Å². The first-order valence-electron chi connectivity index (χ1n) is 9.57. The molecule has 0 saturated carbocycles. The SMILES string of the molecule is CC/C=S(\c1cccc(C(F)(F)F)c1)C1(C)CCOC(/C(C)=C/C(C)=NC)C1. The Bertz CT molecular complexity index is 782. The first-order chi connectivity index (χ1) is 13.1. The van der Waals surface area contributed by atoms with Crippen LogP contribution in [0, 0.1) is 0 Å². The number of hydrogen-bond acceptors (Lipinski definition) is 2. The van der Waals surface area contributed by atoms with Crippen LogP contribution in [0.1, 0.15) is 52.5 Å². The number of allylic oxidation sites excluding steroid dienone is 1. The molecule has 28 heavy (non-hydrogen) atoms. The minimum atomic E-state index is -4.33. The molecule has 1 aliphatic rings. The van der Waals surface area contributed by atoms with Crippen molar-refractivity contribution in [2.24, 2.45) is 4.99 Å². The molecule has 0 radical (unpaired) electrons. The summed E-state index contributed by atoms with van der Waals surface area (Å²) in [4.78, 5) is 4.94. The highest BCUT2D eigenvalue weighted by Crippen LogP contribution is 2.49. The lowest BCUT2D eigenvalue weighted by Crippen LogP contribution is -2.38. The number of nitrogens with zero attached hydrogens (tertiary/aromatic N) is 1. The summed E-state index contributed by atoms with van der Waals surface area (Å²) in [5.41, 5.74) is 1.47. The predicted molar refractivity (Wildman–Crippen MR) is 114 cm³/mol. The van der Waals surface area contributed by atoms with Crippen LogP contribution in [0.4, 0.5) is 13.2 Å². The highest BCUT2D eigenvalue weighted by Gasteiger charge is 2.37. The fraction of sp³-hybridized carbons (Fsp3) is 0.545. The summed E-state index contributed by atoms with van der Waals surface area (Å²) >= 11 is 0. The summed E-state index contributed by atoms with van der Waals surface area (Å²) < 4.78 is 45.6. The second-order valence-electron chi connectivity index (χ2n) is 7.46. The lowest BCUT2D eigenvalue weighted by Gasteiger charge is -2.41. The number of halogens is 3. The third-order valence-corrected chi connectivity index (χ3v) is 8.00. The molecule has 0 spiro atoms. The number of benzene rings is 1. The third-order valence-electron chi connectivity index (χ3n) is 5.14. The highest BCUT2D eigenvalue weighted by atomic mass is 32.2. The van der Waals surface area contributed by atoms with Crippen LogP contribution < -0.4 is 0 Å². The van der Waals surface area contributed by atoms with E-state index >= 15 is 0 Å². The van der Waals surface area contributed by atoms with Crippen molar-refractivity contribution in [2.75, 3.05) is 13.7 Å². The average molecular weight is 414 g/mol. The van der Waals surface area contributed by atoms with E-state index in [1.807, 2.05) is 32.9 Å². The largest absolute Gasteiger partial charge is 0.416 e. The quantitative estimate of drug-likeness (QED) is 0.398.